The molecule has 0 bridgehead atoms. The van der Waals surface area contributed by atoms with Crippen LogP contribution in [-0.2, 0) is 14.3 Å². The number of morpholine rings is 1. The minimum Gasteiger partial charge on any atom is -0.390 e. The Morgan fingerprint density at radius 2 is 1.71 bits per heavy atom. The van der Waals surface area contributed by atoms with Gasteiger partial charge in [0.25, 0.3) is 0 Å². The number of cyclic esters (lactones) is 2. The number of carbonyl (C=O) groups excluding carboxylic acids is 2. The van der Waals surface area contributed by atoms with Crippen molar-refractivity contribution < 1.29 is 14.3 Å². The number of anilines is 1. The summed E-state index contributed by atoms with van der Waals surface area (Å²) in [5.41, 5.74) is 0.637. The van der Waals surface area contributed by atoms with Gasteiger partial charge < -0.3 is 9.64 Å². The smallest absolute Gasteiger partial charge is 0.333 e. The van der Waals surface area contributed by atoms with E-state index in [-0.39, 0.29) is 13.1 Å². The van der Waals surface area contributed by atoms with E-state index in [9.17, 15) is 9.59 Å². The maximum atomic E-state index is 10.9. The Morgan fingerprint density at radius 1 is 1.14 bits per heavy atom. The minimum absolute atomic E-state index is 0.0547. The first kappa shape index (κ1) is 8.61. The lowest BCUT2D eigenvalue weighted by atomic mass is 10.3. The van der Waals surface area contributed by atoms with Crippen LogP contribution < -0.4 is 4.90 Å². The zero-order valence-electron chi connectivity index (χ0n) is 7.21. The van der Waals surface area contributed by atoms with Gasteiger partial charge in [0.15, 0.2) is 0 Å². The van der Waals surface area contributed by atoms with Gasteiger partial charge in [0, 0.05) is 0 Å². The fourth-order valence-electron chi connectivity index (χ4n) is 1.20. The average molecular weight is 193 g/mol. The number of rotatable bonds is 1. The first-order chi connectivity index (χ1) is 6.75. The number of aromatic nitrogens is 2. The number of esters is 2. The normalized spacial score (nSPS) is 16.7. The van der Waals surface area contributed by atoms with Crippen LogP contribution in [0, 0.1) is 0 Å². The lowest BCUT2D eigenvalue weighted by molar-refractivity contribution is -0.160. The van der Waals surface area contributed by atoms with Gasteiger partial charge in [0.2, 0.25) is 0 Å². The van der Waals surface area contributed by atoms with Crippen molar-refractivity contribution in [3.8, 4) is 0 Å². The van der Waals surface area contributed by atoms with Crippen LogP contribution >= 0.6 is 0 Å². The molecule has 0 atom stereocenters. The first-order valence-corrected chi connectivity index (χ1v) is 3.99. The van der Waals surface area contributed by atoms with E-state index >= 15 is 0 Å². The summed E-state index contributed by atoms with van der Waals surface area (Å²) in [5.74, 6) is -1.10. The molecule has 14 heavy (non-hydrogen) atoms. The van der Waals surface area contributed by atoms with Gasteiger partial charge in [-0.3, -0.25) is 0 Å². The van der Waals surface area contributed by atoms with Gasteiger partial charge in [-0.05, 0) is 0 Å². The zero-order chi connectivity index (χ0) is 9.97. The van der Waals surface area contributed by atoms with E-state index in [0.717, 1.165) is 0 Å². The maximum absolute atomic E-state index is 10.9. The van der Waals surface area contributed by atoms with Crippen LogP contribution in [0.3, 0.4) is 0 Å². The Kier molecular flexibility index (Phi) is 2.10. The molecule has 1 aliphatic heterocycles. The average Bonchev–Trinajstić information content (AvgIpc) is 2.18. The van der Waals surface area contributed by atoms with E-state index in [1.54, 1.807) is 17.3 Å². The highest BCUT2D eigenvalue weighted by atomic mass is 16.6. The molecule has 1 aromatic rings. The third-order valence-corrected chi connectivity index (χ3v) is 1.78. The molecule has 2 rings (SSSR count). The molecule has 6 nitrogen and oxygen atoms in total. The van der Waals surface area contributed by atoms with Crippen molar-refractivity contribution in [3.63, 3.8) is 0 Å². The largest absolute Gasteiger partial charge is 0.390 e. The topological polar surface area (TPSA) is 72.4 Å². The predicted molar refractivity (Wildman–Crippen MR) is 45.3 cm³/mol. The molecule has 6 heteroatoms. The highest BCUT2D eigenvalue weighted by Crippen LogP contribution is 2.12. The van der Waals surface area contributed by atoms with Crippen molar-refractivity contribution in [1.82, 2.24) is 9.97 Å². The van der Waals surface area contributed by atoms with Crippen LogP contribution in [0.15, 0.2) is 18.7 Å². The molecule has 0 unspecified atom stereocenters. The van der Waals surface area contributed by atoms with E-state index in [1.807, 2.05) is 0 Å². The summed E-state index contributed by atoms with van der Waals surface area (Å²) in [7, 11) is 0. The maximum Gasteiger partial charge on any atom is 0.333 e. The molecular formula is C8H7N3O3. The van der Waals surface area contributed by atoms with Gasteiger partial charge >= 0.3 is 11.9 Å². The molecule has 1 aromatic heterocycles. The molecule has 72 valence electrons. The summed E-state index contributed by atoms with van der Waals surface area (Å²) in [5, 5.41) is 0. The second-order valence-electron chi connectivity index (χ2n) is 2.80. The van der Waals surface area contributed by atoms with E-state index in [2.05, 4.69) is 14.7 Å². The lowest BCUT2D eigenvalue weighted by Crippen LogP contribution is -2.43. The van der Waals surface area contributed by atoms with Gasteiger partial charge in [-0.15, -0.1) is 0 Å². The molecular weight excluding hydrogens is 186 g/mol. The molecule has 0 aliphatic carbocycles. The fourth-order valence-corrected chi connectivity index (χ4v) is 1.20. The molecule has 0 N–H and O–H groups in total. The van der Waals surface area contributed by atoms with Crippen molar-refractivity contribution in [2.75, 3.05) is 18.0 Å². The van der Waals surface area contributed by atoms with E-state index < -0.39 is 11.9 Å². The van der Waals surface area contributed by atoms with E-state index in [4.69, 9.17) is 0 Å². The number of hydrogen-bond acceptors (Lipinski definition) is 6. The summed E-state index contributed by atoms with van der Waals surface area (Å²) >= 11 is 0. The Hall–Kier alpha value is -1.98. The molecule has 0 spiro atoms. The van der Waals surface area contributed by atoms with E-state index in [0.29, 0.717) is 5.69 Å². The van der Waals surface area contributed by atoms with E-state index in [1.165, 1.54) is 6.33 Å². The molecule has 0 radical (unpaired) electrons. The number of ether oxygens (including phenoxy) is 1. The van der Waals surface area contributed by atoms with Gasteiger partial charge in [-0.25, -0.2) is 19.6 Å². The summed E-state index contributed by atoms with van der Waals surface area (Å²) in [6, 6.07) is 0. The van der Waals surface area contributed by atoms with Gasteiger partial charge in [-0.2, -0.15) is 0 Å². The predicted octanol–water partition coefficient (Wildman–Crippen LogP) is -0.634. The molecule has 0 amide bonds. The summed E-state index contributed by atoms with van der Waals surface area (Å²) < 4.78 is 4.38. The summed E-state index contributed by atoms with van der Waals surface area (Å²) in [6.07, 6.45) is 4.46. The molecule has 1 saturated heterocycles. The lowest BCUT2D eigenvalue weighted by Gasteiger charge is -2.25. The van der Waals surface area contributed by atoms with Crippen molar-refractivity contribution in [3.05, 3.63) is 18.7 Å². The Morgan fingerprint density at radius 3 is 2.29 bits per heavy atom. The third kappa shape index (κ3) is 1.68. The summed E-state index contributed by atoms with van der Waals surface area (Å²) in [4.78, 5) is 31.0. The van der Waals surface area contributed by atoms with Crippen LogP contribution in [0.4, 0.5) is 5.69 Å². The highest BCUT2D eigenvalue weighted by molar-refractivity contribution is 5.94. The second kappa shape index (κ2) is 3.41. The minimum atomic E-state index is -0.551. The SMILES string of the molecule is O=C1CN(c2cncnc2)CC(=O)O1. The van der Waals surface area contributed by atoms with Crippen LogP contribution in [0.2, 0.25) is 0 Å². The number of nitrogens with zero attached hydrogens (tertiary/aromatic N) is 3. The van der Waals surface area contributed by atoms with Crippen molar-refractivity contribution in [2.45, 2.75) is 0 Å². The third-order valence-electron chi connectivity index (χ3n) is 1.78. The van der Waals surface area contributed by atoms with Crippen LogP contribution in [0.1, 0.15) is 0 Å². The zero-order valence-corrected chi connectivity index (χ0v) is 7.21. The van der Waals surface area contributed by atoms with Crippen molar-refractivity contribution in [2.24, 2.45) is 0 Å². The van der Waals surface area contributed by atoms with Crippen LogP contribution in [0.5, 0.6) is 0 Å². The molecule has 1 aliphatic rings. The quantitative estimate of drug-likeness (QED) is 0.436. The highest BCUT2D eigenvalue weighted by Gasteiger charge is 2.24. The fraction of sp³-hybridized carbons (Fsp3) is 0.250. The Balaban J connectivity index is 2.19. The molecule has 2 heterocycles. The second-order valence-corrected chi connectivity index (χ2v) is 2.80. The van der Waals surface area contributed by atoms with Gasteiger partial charge in [0.1, 0.15) is 19.4 Å². The Bertz CT molecular complexity index is 349. The molecule has 0 aromatic carbocycles. The monoisotopic (exact) mass is 193 g/mol. The molecule has 1 fully saturated rings. The first-order valence-electron chi connectivity index (χ1n) is 3.99. The van der Waals surface area contributed by atoms with Gasteiger partial charge in [-0.1, -0.05) is 0 Å². The number of hydrogen-bond donors (Lipinski definition) is 0. The standard InChI is InChI=1S/C8H7N3O3/c12-7-3-11(4-8(13)14-7)6-1-9-5-10-2-6/h1-2,5H,3-4H2. The Labute approximate surface area is 79.5 Å². The summed E-state index contributed by atoms with van der Waals surface area (Å²) in [6.45, 7) is 0.109. The van der Waals surface area contributed by atoms with Crippen molar-refractivity contribution >= 4 is 17.6 Å². The van der Waals surface area contributed by atoms with Gasteiger partial charge in [0.05, 0.1) is 18.1 Å². The number of carbonyl (C=O) groups is 2. The van der Waals surface area contributed by atoms with Crippen LogP contribution in [-0.4, -0.2) is 35.0 Å². The van der Waals surface area contributed by atoms with Crippen LogP contribution in [0.25, 0.3) is 0 Å². The van der Waals surface area contributed by atoms with Crippen molar-refractivity contribution in [1.29, 1.82) is 0 Å². The molecule has 0 saturated carbocycles.